The van der Waals surface area contributed by atoms with E-state index in [1.807, 2.05) is 0 Å². The Hall–Kier alpha value is -4.14. The SMILES string of the molecule is COc1ccc(C2=NN(C(=O)CN(C)C(=O)c3ccco3)[C@@H](c3ccccc3F)C2)c(OC)c1. The molecule has 4 rings (SSSR count). The Morgan fingerprint density at radius 2 is 1.94 bits per heavy atom. The molecule has 34 heavy (non-hydrogen) atoms. The Morgan fingerprint density at radius 3 is 2.62 bits per heavy atom. The molecule has 8 nitrogen and oxygen atoms in total. The predicted octanol–water partition coefficient (Wildman–Crippen LogP) is 3.89. The number of halogens is 1. The molecule has 2 aromatic carbocycles. The first-order valence-corrected chi connectivity index (χ1v) is 10.6. The summed E-state index contributed by atoms with van der Waals surface area (Å²) in [7, 11) is 4.57. The van der Waals surface area contributed by atoms with Crippen molar-refractivity contribution in [3.05, 3.63) is 83.6 Å². The van der Waals surface area contributed by atoms with Gasteiger partial charge in [-0.3, -0.25) is 9.59 Å². The molecule has 0 saturated carbocycles. The number of hydrogen-bond acceptors (Lipinski definition) is 6. The van der Waals surface area contributed by atoms with E-state index in [1.165, 1.54) is 42.5 Å². The standard InChI is InChI=1S/C25H24FN3O5/c1-28(25(31)22-9-6-12-34-22)15-24(30)29-21(17-7-4-5-8-19(17)26)14-20(27-29)18-11-10-16(32-2)13-23(18)33-3/h4-13,21H,14-15H2,1-3H3/t21-/m1/s1. The maximum Gasteiger partial charge on any atom is 0.289 e. The Morgan fingerprint density at radius 1 is 1.15 bits per heavy atom. The molecular weight excluding hydrogens is 441 g/mol. The van der Waals surface area contributed by atoms with Crippen molar-refractivity contribution < 1.29 is 27.9 Å². The van der Waals surface area contributed by atoms with Gasteiger partial charge in [0.25, 0.3) is 11.8 Å². The Labute approximate surface area is 196 Å². The lowest BCUT2D eigenvalue weighted by molar-refractivity contribution is -0.133. The molecular formula is C25H24FN3O5. The molecule has 3 aromatic rings. The van der Waals surface area contributed by atoms with E-state index < -0.39 is 23.7 Å². The van der Waals surface area contributed by atoms with Gasteiger partial charge in [0, 0.05) is 30.7 Å². The van der Waals surface area contributed by atoms with Gasteiger partial charge in [-0.15, -0.1) is 0 Å². The summed E-state index contributed by atoms with van der Waals surface area (Å²) in [5, 5.41) is 5.79. The molecule has 1 aliphatic heterocycles. The third-order valence-corrected chi connectivity index (χ3v) is 5.60. The first kappa shape index (κ1) is 23.0. The molecule has 0 N–H and O–H groups in total. The molecule has 0 aliphatic carbocycles. The fraction of sp³-hybridized carbons (Fsp3) is 0.240. The van der Waals surface area contributed by atoms with Crippen molar-refractivity contribution >= 4 is 17.5 Å². The molecule has 1 aliphatic rings. The largest absolute Gasteiger partial charge is 0.497 e. The molecule has 0 spiro atoms. The molecule has 0 unspecified atom stereocenters. The maximum absolute atomic E-state index is 14.7. The van der Waals surface area contributed by atoms with Crippen LogP contribution in [0.1, 0.15) is 34.1 Å². The average Bonchev–Trinajstić information content (AvgIpc) is 3.54. The zero-order valence-electron chi connectivity index (χ0n) is 19.0. The van der Waals surface area contributed by atoms with E-state index in [0.29, 0.717) is 28.3 Å². The second-order valence-corrected chi connectivity index (χ2v) is 7.73. The minimum absolute atomic E-state index is 0.120. The van der Waals surface area contributed by atoms with Crippen molar-refractivity contribution in [3.8, 4) is 11.5 Å². The monoisotopic (exact) mass is 465 g/mol. The number of benzene rings is 2. The van der Waals surface area contributed by atoms with Crippen molar-refractivity contribution in [2.45, 2.75) is 12.5 Å². The second-order valence-electron chi connectivity index (χ2n) is 7.73. The number of carbonyl (C=O) groups excluding carboxylic acids is 2. The fourth-order valence-electron chi connectivity index (χ4n) is 3.86. The van der Waals surface area contributed by atoms with Crippen LogP contribution in [0.2, 0.25) is 0 Å². The number of amides is 2. The second kappa shape index (κ2) is 9.78. The number of ether oxygens (including phenoxy) is 2. The van der Waals surface area contributed by atoms with E-state index in [4.69, 9.17) is 13.9 Å². The minimum Gasteiger partial charge on any atom is -0.497 e. The summed E-state index contributed by atoms with van der Waals surface area (Å²) in [6.45, 7) is -0.263. The molecule has 1 aromatic heterocycles. The van der Waals surface area contributed by atoms with Gasteiger partial charge in [0.15, 0.2) is 5.76 Å². The fourth-order valence-corrected chi connectivity index (χ4v) is 3.86. The third-order valence-electron chi connectivity index (χ3n) is 5.60. The van der Waals surface area contributed by atoms with E-state index >= 15 is 0 Å². The molecule has 1 atom stereocenters. The van der Waals surface area contributed by atoms with E-state index in [2.05, 4.69) is 5.10 Å². The number of likely N-dealkylation sites (N-methyl/N-ethyl adjacent to an activating group) is 1. The van der Waals surface area contributed by atoms with Gasteiger partial charge in [-0.1, -0.05) is 18.2 Å². The van der Waals surface area contributed by atoms with Gasteiger partial charge < -0.3 is 18.8 Å². The number of methoxy groups -OCH3 is 2. The number of carbonyl (C=O) groups is 2. The number of nitrogens with zero attached hydrogens (tertiary/aromatic N) is 3. The van der Waals surface area contributed by atoms with Crippen molar-refractivity contribution in [2.75, 3.05) is 27.8 Å². The Bertz CT molecular complexity index is 1230. The van der Waals surface area contributed by atoms with Crippen LogP contribution in [0.4, 0.5) is 4.39 Å². The van der Waals surface area contributed by atoms with Crippen LogP contribution in [-0.4, -0.2) is 55.2 Å². The molecule has 176 valence electrons. The highest BCUT2D eigenvalue weighted by Gasteiger charge is 2.36. The Balaban J connectivity index is 1.66. The van der Waals surface area contributed by atoms with Crippen LogP contribution in [0.5, 0.6) is 11.5 Å². The topological polar surface area (TPSA) is 84.6 Å². The van der Waals surface area contributed by atoms with E-state index in [0.717, 1.165) is 0 Å². The van der Waals surface area contributed by atoms with E-state index in [1.54, 1.807) is 49.6 Å². The van der Waals surface area contributed by atoms with Crippen molar-refractivity contribution in [1.29, 1.82) is 0 Å². The number of rotatable bonds is 7. The first-order chi connectivity index (χ1) is 16.4. The van der Waals surface area contributed by atoms with Gasteiger partial charge in [-0.2, -0.15) is 5.10 Å². The van der Waals surface area contributed by atoms with Crippen LogP contribution < -0.4 is 9.47 Å². The summed E-state index contributed by atoms with van der Waals surface area (Å²) in [5.74, 6) is -0.0993. The number of hydrogen-bond donors (Lipinski definition) is 0. The summed E-state index contributed by atoms with van der Waals surface area (Å²) < 4.78 is 30.6. The average molecular weight is 465 g/mol. The van der Waals surface area contributed by atoms with Crippen LogP contribution in [-0.2, 0) is 4.79 Å². The normalized spacial score (nSPS) is 15.1. The van der Waals surface area contributed by atoms with Gasteiger partial charge in [0.1, 0.15) is 23.9 Å². The highest BCUT2D eigenvalue weighted by Crippen LogP contribution is 2.37. The van der Waals surface area contributed by atoms with Crippen LogP contribution in [0, 0.1) is 5.82 Å². The van der Waals surface area contributed by atoms with Crippen molar-refractivity contribution in [2.24, 2.45) is 5.10 Å². The highest BCUT2D eigenvalue weighted by molar-refractivity contribution is 6.05. The summed E-state index contributed by atoms with van der Waals surface area (Å²) in [5.41, 5.74) is 1.56. The first-order valence-electron chi connectivity index (χ1n) is 10.6. The Kier molecular flexibility index (Phi) is 6.62. The maximum atomic E-state index is 14.7. The van der Waals surface area contributed by atoms with Gasteiger partial charge in [-0.25, -0.2) is 9.40 Å². The van der Waals surface area contributed by atoms with Gasteiger partial charge in [0.05, 0.1) is 32.2 Å². The molecule has 2 heterocycles. The van der Waals surface area contributed by atoms with Crippen LogP contribution in [0.15, 0.2) is 70.4 Å². The smallest absolute Gasteiger partial charge is 0.289 e. The van der Waals surface area contributed by atoms with Crippen molar-refractivity contribution in [3.63, 3.8) is 0 Å². The predicted molar refractivity (Wildman–Crippen MR) is 122 cm³/mol. The van der Waals surface area contributed by atoms with Crippen LogP contribution in [0.25, 0.3) is 0 Å². The number of hydrazone groups is 1. The molecule has 0 saturated heterocycles. The highest BCUT2D eigenvalue weighted by atomic mass is 19.1. The molecule has 0 bridgehead atoms. The number of furan rings is 1. The summed E-state index contributed by atoms with van der Waals surface area (Å²) in [6, 6.07) is 14.0. The van der Waals surface area contributed by atoms with E-state index in [9.17, 15) is 14.0 Å². The summed E-state index contributed by atoms with van der Waals surface area (Å²) in [6.07, 6.45) is 1.65. The zero-order valence-corrected chi connectivity index (χ0v) is 19.0. The van der Waals surface area contributed by atoms with Crippen molar-refractivity contribution in [1.82, 2.24) is 9.91 Å². The lowest BCUT2D eigenvalue weighted by atomic mass is 9.97. The van der Waals surface area contributed by atoms with E-state index in [-0.39, 0.29) is 18.7 Å². The zero-order chi connectivity index (χ0) is 24.2. The van der Waals surface area contributed by atoms with Gasteiger partial charge in [-0.05, 0) is 30.3 Å². The molecule has 0 radical (unpaired) electrons. The molecule has 2 amide bonds. The van der Waals surface area contributed by atoms with Crippen LogP contribution in [0.3, 0.4) is 0 Å². The summed E-state index contributed by atoms with van der Waals surface area (Å²) >= 11 is 0. The van der Waals surface area contributed by atoms with Gasteiger partial charge in [0.2, 0.25) is 0 Å². The third kappa shape index (κ3) is 4.50. The lowest BCUT2D eigenvalue weighted by Crippen LogP contribution is -2.39. The molecule has 0 fully saturated rings. The van der Waals surface area contributed by atoms with Crippen LogP contribution >= 0.6 is 0 Å². The summed E-state index contributed by atoms with van der Waals surface area (Å²) in [4.78, 5) is 27.0. The molecule has 9 heteroatoms. The lowest BCUT2D eigenvalue weighted by Gasteiger charge is -2.24. The quantitative estimate of drug-likeness (QED) is 0.529. The minimum atomic E-state index is -0.678. The van der Waals surface area contributed by atoms with Gasteiger partial charge >= 0.3 is 0 Å².